The van der Waals surface area contributed by atoms with Gasteiger partial charge in [-0.25, -0.2) is 4.20 Å². The molecule has 14 atom stereocenters. The molecule has 0 aromatic rings. The highest BCUT2D eigenvalue weighted by atomic mass is 33.4. The van der Waals surface area contributed by atoms with E-state index in [1.165, 1.54) is 0 Å². The summed E-state index contributed by atoms with van der Waals surface area (Å²) >= 11 is 0. The number of halogens is 1. The predicted octanol–water partition coefficient (Wildman–Crippen LogP) is 12.0. The van der Waals surface area contributed by atoms with Crippen LogP contribution < -0.4 is 0 Å². The Kier molecular flexibility index (Phi) is 22.8. The molecule has 0 nitrogen and oxygen atoms in total. The molecule has 0 aliphatic heterocycles. The zero-order chi connectivity index (χ0) is 16.9. The van der Waals surface area contributed by atoms with Crippen LogP contribution in [-0.2, 0) is 0 Å². The Hall–Kier alpha value is 8.53. The molecule has 0 aliphatic rings. The fourth-order valence-electron chi connectivity index (χ4n) is 0.949. The quantitative estimate of drug-likeness (QED) is 0.216. The molecule has 0 amide bonds. The highest BCUT2D eigenvalue weighted by Gasteiger charge is 2.43. The van der Waals surface area contributed by atoms with Crippen molar-refractivity contribution in [2.24, 2.45) is 0 Å². The van der Waals surface area contributed by atoms with Crippen LogP contribution in [0.1, 0.15) is 0 Å². The molecule has 14 unspecified atom stereocenters. The van der Waals surface area contributed by atoms with Gasteiger partial charge in [0.25, 0.3) is 0 Å². The number of hydrogen-bond acceptors (Lipinski definition) is 0. The first-order valence-electron chi connectivity index (χ1n) is 4.61. The summed E-state index contributed by atoms with van der Waals surface area (Å²) in [5.41, 5.74) is 0. The van der Waals surface area contributed by atoms with Gasteiger partial charge >= 0.3 is 0 Å². The summed E-state index contributed by atoms with van der Waals surface area (Å²) in [5, 5.41) is 0. The molecule has 0 saturated heterocycles. The molecule has 0 heterocycles. The molecule has 0 spiro atoms. The standard InChI is InChI=1S/FH21P20/c1-13(19(14(3)4)15(5)6)20(18(11)12-2)21(16(7)8)17(9)10/h12H,2-11H2. The van der Waals surface area contributed by atoms with E-state index < -0.39 is 21.6 Å². The van der Waals surface area contributed by atoms with Crippen LogP contribution in [0.4, 0.5) is 4.20 Å². The average Bonchev–Trinajstić information content (AvgIpc) is 2.32. The van der Waals surface area contributed by atoms with Crippen LogP contribution in [0.15, 0.2) is 0 Å². The van der Waals surface area contributed by atoms with Gasteiger partial charge < -0.3 is 0 Å². The molecular weight excluding hydrogens is 638 g/mol. The van der Waals surface area contributed by atoms with Crippen LogP contribution in [0.5, 0.6) is 0 Å². The fourth-order valence-corrected chi connectivity index (χ4v) is 207. The van der Waals surface area contributed by atoms with Crippen molar-refractivity contribution in [3.63, 3.8) is 0 Å². The second-order valence-corrected chi connectivity index (χ2v) is 79.3. The third-order valence-electron chi connectivity index (χ3n) is 1.61. The SMILES string of the molecule is FP(P(P(P)P)P(P)P)P(P(P)PP)P(P(P)P)P(P)P. The molecule has 0 aromatic carbocycles. The molecule has 0 aliphatic carbocycles. The Morgan fingerprint density at radius 2 is 0.905 bits per heavy atom. The summed E-state index contributed by atoms with van der Waals surface area (Å²) in [4.78, 5) is 0. The fraction of sp³-hybridized carbons (Fsp3) is 0. The number of rotatable bonds is 9. The van der Waals surface area contributed by atoms with Gasteiger partial charge in [0.2, 0.25) is 0 Å². The monoisotopic (exact) mass is 660 g/mol. The predicted molar refractivity (Wildman–Crippen MR) is 169 cm³/mol. The molecule has 0 rings (SSSR count). The van der Waals surface area contributed by atoms with E-state index in [-0.39, 0.29) is 41.9 Å². The Balaban J connectivity index is 5.58. The maximum absolute atomic E-state index is 15.7. The van der Waals surface area contributed by atoms with Crippen LogP contribution in [0.2, 0.25) is 0 Å². The molecule has 0 N–H and O–H groups in total. The van der Waals surface area contributed by atoms with Crippen molar-refractivity contribution in [3.8, 4) is 0 Å². The Morgan fingerprint density at radius 3 is 1.14 bits per heavy atom. The normalized spacial score (nSPS) is 18.1. The van der Waals surface area contributed by atoms with Crippen molar-refractivity contribution in [1.29, 1.82) is 0 Å². The van der Waals surface area contributed by atoms with E-state index in [0.29, 0.717) is 0 Å². The average molecular weight is 660 g/mol. The van der Waals surface area contributed by atoms with Gasteiger partial charge in [0.05, 0.1) is 0 Å². The first-order valence-corrected chi connectivity index (χ1v) is 40.4. The molecule has 0 aromatic heterocycles. The highest BCUT2D eigenvalue weighted by Crippen LogP contribution is 3.28. The van der Waals surface area contributed by atoms with Crippen molar-refractivity contribution >= 4 is 161 Å². The summed E-state index contributed by atoms with van der Waals surface area (Å²) in [6.45, 7) is -2.42. The molecule has 0 bridgehead atoms. The minimum absolute atomic E-state index is 0.191. The summed E-state index contributed by atoms with van der Waals surface area (Å²) < 4.78 is 15.7. The van der Waals surface area contributed by atoms with E-state index in [2.05, 4.69) is 89.3 Å². The van der Waals surface area contributed by atoms with Crippen LogP contribution in [0.3, 0.4) is 0 Å². The number of hydrogen-bond donors (Lipinski definition) is 0. The first-order chi connectivity index (χ1) is 9.56. The lowest BCUT2D eigenvalue weighted by atomic mass is 18.9. The van der Waals surface area contributed by atoms with Gasteiger partial charge in [-0.05, 0) is 41.9 Å². The van der Waals surface area contributed by atoms with Crippen LogP contribution in [0, 0.1) is 0 Å². The lowest BCUT2D eigenvalue weighted by Crippen LogP contribution is -1.57. The minimum atomic E-state index is -1.32. The Morgan fingerprint density at radius 1 is 0.571 bits per heavy atom. The van der Waals surface area contributed by atoms with Crippen molar-refractivity contribution < 1.29 is 4.20 Å². The molecule has 0 fully saturated rings. The van der Waals surface area contributed by atoms with E-state index in [1.807, 2.05) is 0 Å². The van der Waals surface area contributed by atoms with Crippen molar-refractivity contribution in [2.75, 3.05) is 0 Å². The van der Waals surface area contributed by atoms with Crippen molar-refractivity contribution in [2.45, 2.75) is 0 Å². The zero-order valence-corrected chi connectivity index (χ0v) is 31.3. The summed E-state index contributed by atoms with van der Waals surface area (Å²) in [6, 6.07) is 0. The second-order valence-electron chi connectivity index (χ2n) is 3.04. The topological polar surface area (TPSA) is 0 Å². The van der Waals surface area contributed by atoms with Gasteiger partial charge in [-0.3, -0.25) is 0 Å². The molecular formula is H21FP20. The van der Waals surface area contributed by atoms with E-state index in [9.17, 15) is 0 Å². The zero-order valence-electron chi connectivity index (χ0n) is 10.7. The van der Waals surface area contributed by atoms with Gasteiger partial charge in [-0.1, -0.05) is 7.96 Å². The van der Waals surface area contributed by atoms with Gasteiger partial charge in [-0.15, -0.1) is 89.3 Å². The van der Waals surface area contributed by atoms with E-state index >= 15 is 4.20 Å². The smallest absolute Gasteiger partial charge is 0.148 e. The Bertz CT molecular complexity index is 251. The van der Waals surface area contributed by atoms with Crippen LogP contribution >= 0.6 is 161 Å². The van der Waals surface area contributed by atoms with Crippen molar-refractivity contribution in [3.05, 3.63) is 0 Å². The summed E-state index contributed by atoms with van der Waals surface area (Å²) in [6.07, 6.45) is 0. The third kappa shape index (κ3) is 11.1. The molecule has 0 saturated carbocycles. The van der Waals surface area contributed by atoms with E-state index in [1.54, 1.807) is 0 Å². The maximum atomic E-state index is 15.7. The molecule has 21 heteroatoms. The second kappa shape index (κ2) is 16.2. The summed E-state index contributed by atoms with van der Waals surface area (Å²) in [7, 11) is 29.1. The molecule has 0 radical (unpaired) electrons. The van der Waals surface area contributed by atoms with Gasteiger partial charge in [0.1, 0.15) is 7.61 Å². The van der Waals surface area contributed by atoms with Crippen LogP contribution in [0.25, 0.3) is 0 Å². The van der Waals surface area contributed by atoms with Crippen molar-refractivity contribution in [1.82, 2.24) is 0 Å². The van der Waals surface area contributed by atoms with Gasteiger partial charge in [0, 0.05) is 14.0 Å². The minimum Gasteiger partial charge on any atom is -0.216 e. The van der Waals surface area contributed by atoms with Gasteiger partial charge in [-0.2, -0.15) is 0 Å². The first kappa shape index (κ1) is 29.5. The van der Waals surface area contributed by atoms with Gasteiger partial charge in [0.15, 0.2) is 0 Å². The highest BCUT2D eigenvalue weighted by molar-refractivity contribution is 9.31. The van der Waals surface area contributed by atoms with Crippen LogP contribution in [-0.4, -0.2) is 0 Å². The van der Waals surface area contributed by atoms with E-state index in [0.717, 1.165) is 7.96 Å². The molecule has 21 heavy (non-hydrogen) atoms. The summed E-state index contributed by atoms with van der Waals surface area (Å²) in [5.74, 6) is 0. The largest absolute Gasteiger partial charge is 0.216 e. The third-order valence-corrected chi connectivity index (χ3v) is 123. The Labute approximate surface area is 163 Å². The lowest BCUT2D eigenvalue weighted by molar-refractivity contribution is 0.931. The van der Waals surface area contributed by atoms with E-state index in [4.69, 9.17) is 0 Å². The lowest BCUT2D eigenvalue weighted by Gasteiger charge is -2.41. The molecule has 128 valence electrons. The maximum Gasteiger partial charge on any atom is 0.148 e.